The molecule has 0 aliphatic carbocycles. The van der Waals surface area contributed by atoms with Gasteiger partial charge in [-0.05, 0) is 12.3 Å². The zero-order chi connectivity index (χ0) is 11.0. The van der Waals surface area contributed by atoms with Crippen molar-refractivity contribution in [2.24, 2.45) is 5.92 Å². The number of likely N-dealkylation sites (N-methyl/N-ethyl adjacent to an activating group) is 1. The van der Waals surface area contributed by atoms with Crippen LogP contribution in [0.1, 0.15) is 20.3 Å². The molecule has 2 rings (SSSR count). The number of hydrogen-bond acceptors (Lipinski definition) is 2. The number of carbonyl (C=O) groups excluding carboxylic acids is 1. The molecule has 2 fully saturated rings. The molecule has 86 valence electrons. The van der Waals surface area contributed by atoms with E-state index in [2.05, 4.69) is 24.1 Å². The molecular weight excluding hydrogens is 190 g/mol. The molecule has 2 aliphatic heterocycles. The van der Waals surface area contributed by atoms with E-state index in [0.717, 1.165) is 26.1 Å². The van der Waals surface area contributed by atoms with E-state index in [1.807, 2.05) is 11.9 Å². The number of hydrogen-bond donors (Lipinski definition) is 1. The average Bonchev–Trinajstić information content (AvgIpc) is 2.41. The van der Waals surface area contributed by atoms with E-state index in [0.29, 0.717) is 18.0 Å². The van der Waals surface area contributed by atoms with Crippen LogP contribution in [0.5, 0.6) is 0 Å². The molecule has 0 spiro atoms. The third-order valence-corrected chi connectivity index (χ3v) is 3.41. The summed E-state index contributed by atoms with van der Waals surface area (Å²) in [7, 11) is 1.90. The van der Waals surface area contributed by atoms with Crippen LogP contribution in [0, 0.1) is 5.92 Å². The molecule has 15 heavy (non-hydrogen) atoms. The number of likely N-dealkylation sites (tertiary alicyclic amines) is 1. The van der Waals surface area contributed by atoms with Gasteiger partial charge >= 0.3 is 6.03 Å². The standard InChI is InChI=1S/C11H21N3O/c1-8(2)6-14-5-4-10-9(7-14)12-11(15)13(10)3/h8-10H,4-7H2,1-3H3,(H,12,15)/t9?,10-/m1/s1. The number of urea groups is 1. The topological polar surface area (TPSA) is 35.6 Å². The maximum absolute atomic E-state index is 11.5. The van der Waals surface area contributed by atoms with Gasteiger partial charge in [-0.25, -0.2) is 4.79 Å². The Morgan fingerprint density at radius 3 is 2.93 bits per heavy atom. The summed E-state index contributed by atoms with van der Waals surface area (Å²) >= 11 is 0. The number of nitrogens with zero attached hydrogens (tertiary/aromatic N) is 2. The van der Waals surface area contributed by atoms with Crippen molar-refractivity contribution in [2.45, 2.75) is 32.4 Å². The first-order chi connectivity index (χ1) is 7.08. The summed E-state index contributed by atoms with van der Waals surface area (Å²) in [6, 6.07) is 0.854. The first-order valence-corrected chi connectivity index (χ1v) is 5.83. The molecule has 2 heterocycles. The summed E-state index contributed by atoms with van der Waals surface area (Å²) in [5, 5.41) is 3.05. The van der Waals surface area contributed by atoms with Crippen molar-refractivity contribution < 1.29 is 4.79 Å². The van der Waals surface area contributed by atoms with Gasteiger partial charge in [-0.15, -0.1) is 0 Å². The molecule has 0 saturated carbocycles. The molecule has 2 aliphatic rings. The van der Waals surface area contributed by atoms with Gasteiger partial charge in [0.05, 0.1) is 12.1 Å². The Morgan fingerprint density at radius 2 is 2.27 bits per heavy atom. The molecule has 4 nitrogen and oxygen atoms in total. The van der Waals surface area contributed by atoms with Gasteiger partial charge in [0.1, 0.15) is 0 Å². The van der Waals surface area contributed by atoms with Gasteiger partial charge in [-0.2, -0.15) is 0 Å². The van der Waals surface area contributed by atoms with Crippen LogP contribution >= 0.6 is 0 Å². The van der Waals surface area contributed by atoms with Gasteiger partial charge in [0.15, 0.2) is 0 Å². The SMILES string of the molecule is CC(C)CN1CC[C@@H]2C(C1)NC(=O)N2C. The number of nitrogens with one attached hydrogen (secondary N) is 1. The lowest BCUT2D eigenvalue weighted by molar-refractivity contribution is 0.141. The minimum atomic E-state index is 0.0939. The Kier molecular flexibility index (Phi) is 2.87. The second-order valence-electron chi connectivity index (χ2n) is 5.18. The van der Waals surface area contributed by atoms with E-state index in [-0.39, 0.29) is 6.03 Å². The number of piperidine rings is 1. The highest BCUT2D eigenvalue weighted by Gasteiger charge is 2.40. The fraction of sp³-hybridized carbons (Fsp3) is 0.909. The van der Waals surface area contributed by atoms with Crippen LogP contribution in [0.2, 0.25) is 0 Å². The summed E-state index contributed by atoms with van der Waals surface area (Å²) < 4.78 is 0. The lowest BCUT2D eigenvalue weighted by atomic mass is 9.99. The van der Waals surface area contributed by atoms with Gasteiger partial charge < -0.3 is 15.1 Å². The van der Waals surface area contributed by atoms with Crippen LogP contribution < -0.4 is 5.32 Å². The van der Waals surface area contributed by atoms with Crippen molar-refractivity contribution in [1.82, 2.24) is 15.1 Å². The lowest BCUT2D eigenvalue weighted by Gasteiger charge is -2.36. The minimum absolute atomic E-state index is 0.0939. The molecule has 1 N–H and O–H groups in total. The Labute approximate surface area is 91.6 Å². The maximum Gasteiger partial charge on any atom is 0.317 e. The molecule has 0 aromatic carbocycles. The molecule has 2 saturated heterocycles. The number of fused-ring (bicyclic) bond motifs is 1. The van der Waals surface area contributed by atoms with Crippen LogP contribution in [0.4, 0.5) is 4.79 Å². The summed E-state index contributed by atoms with van der Waals surface area (Å²) in [5.41, 5.74) is 0. The van der Waals surface area contributed by atoms with E-state index in [1.54, 1.807) is 0 Å². The molecule has 2 amide bonds. The Balaban J connectivity index is 1.93. The average molecular weight is 211 g/mol. The normalized spacial score (nSPS) is 32.0. The third-order valence-electron chi connectivity index (χ3n) is 3.41. The molecule has 0 aromatic heterocycles. The lowest BCUT2D eigenvalue weighted by Crippen LogP contribution is -2.51. The predicted octanol–water partition coefficient (Wildman–Crippen LogP) is 0.740. The predicted molar refractivity (Wildman–Crippen MR) is 59.8 cm³/mol. The first-order valence-electron chi connectivity index (χ1n) is 5.83. The van der Waals surface area contributed by atoms with Gasteiger partial charge in [0, 0.05) is 26.7 Å². The second kappa shape index (κ2) is 4.00. The Bertz CT molecular complexity index is 254. The Morgan fingerprint density at radius 1 is 1.53 bits per heavy atom. The van der Waals surface area contributed by atoms with Crippen molar-refractivity contribution in [3.05, 3.63) is 0 Å². The van der Waals surface area contributed by atoms with E-state index in [1.165, 1.54) is 0 Å². The van der Waals surface area contributed by atoms with E-state index >= 15 is 0 Å². The molecule has 0 aromatic rings. The van der Waals surface area contributed by atoms with E-state index in [9.17, 15) is 4.79 Å². The fourth-order valence-electron chi connectivity index (χ4n) is 2.71. The van der Waals surface area contributed by atoms with Crippen LogP contribution in [0.3, 0.4) is 0 Å². The van der Waals surface area contributed by atoms with Gasteiger partial charge in [-0.1, -0.05) is 13.8 Å². The van der Waals surface area contributed by atoms with Gasteiger partial charge in [0.2, 0.25) is 0 Å². The molecule has 0 bridgehead atoms. The van der Waals surface area contributed by atoms with Crippen molar-refractivity contribution in [1.29, 1.82) is 0 Å². The molecule has 1 unspecified atom stereocenters. The highest BCUT2D eigenvalue weighted by Crippen LogP contribution is 2.21. The Hall–Kier alpha value is -0.770. The molecule has 4 heteroatoms. The summed E-state index contributed by atoms with van der Waals surface area (Å²) in [6.07, 6.45) is 1.10. The van der Waals surface area contributed by atoms with Crippen LogP contribution in [0.25, 0.3) is 0 Å². The number of carbonyl (C=O) groups is 1. The largest absolute Gasteiger partial charge is 0.332 e. The molecule has 2 atom stereocenters. The second-order valence-corrected chi connectivity index (χ2v) is 5.18. The van der Waals surface area contributed by atoms with Gasteiger partial charge in [0.25, 0.3) is 0 Å². The van der Waals surface area contributed by atoms with Crippen LogP contribution in [-0.4, -0.2) is 54.6 Å². The zero-order valence-electron chi connectivity index (χ0n) is 9.86. The molecular formula is C11H21N3O. The summed E-state index contributed by atoms with van der Waals surface area (Å²) in [4.78, 5) is 15.8. The molecule has 0 radical (unpaired) electrons. The minimum Gasteiger partial charge on any atom is -0.332 e. The van der Waals surface area contributed by atoms with Crippen LogP contribution in [-0.2, 0) is 0 Å². The van der Waals surface area contributed by atoms with Gasteiger partial charge in [-0.3, -0.25) is 0 Å². The van der Waals surface area contributed by atoms with Crippen molar-refractivity contribution in [2.75, 3.05) is 26.7 Å². The van der Waals surface area contributed by atoms with Crippen LogP contribution in [0.15, 0.2) is 0 Å². The van der Waals surface area contributed by atoms with E-state index < -0.39 is 0 Å². The number of rotatable bonds is 2. The third kappa shape index (κ3) is 2.09. The monoisotopic (exact) mass is 211 g/mol. The van der Waals surface area contributed by atoms with Crippen molar-refractivity contribution in [3.63, 3.8) is 0 Å². The van der Waals surface area contributed by atoms with Crippen molar-refractivity contribution in [3.8, 4) is 0 Å². The fourth-order valence-corrected chi connectivity index (χ4v) is 2.71. The summed E-state index contributed by atoms with van der Waals surface area (Å²) in [6.45, 7) is 7.76. The zero-order valence-corrected chi connectivity index (χ0v) is 9.86. The first kappa shape index (κ1) is 10.7. The highest BCUT2D eigenvalue weighted by molar-refractivity contribution is 5.77. The maximum atomic E-state index is 11.5. The smallest absolute Gasteiger partial charge is 0.317 e. The summed E-state index contributed by atoms with van der Waals surface area (Å²) in [5.74, 6) is 0.705. The van der Waals surface area contributed by atoms with Crippen molar-refractivity contribution >= 4 is 6.03 Å². The van der Waals surface area contributed by atoms with E-state index in [4.69, 9.17) is 0 Å². The highest BCUT2D eigenvalue weighted by atomic mass is 16.2. The number of amides is 2. The quantitative estimate of drug-likeness (QED) is 0.731.